The van der Waals surface area contributed by atoms with Crippen LogP contribution in [0.3, 0.4) is 0 Å². The van der Waals surface area contributed by atoms with Crippen LogP contribution >= 0.6 is 28.3 Å². The van der Waals surface area contributed by atoms with Crippen molar-refractivity contribution in [2.75, 3.05) is 12.4 Å². The number of benzene rings is 2. The molecule has 5 heteroatoms. The zero-order chi connectivity index (χ0) is 15.4. The van der Waals surface area contributed by atoms with Gasteiger partial charge in [-0.1, -0.05) is 58.4 Å². The van der Waals surface area contributed by atoms with Gasteiger partial charge in [-0.25, -0.2) is 0 Å². The van der Waals surface area contributed by atoms with Gasteiger partial charge in [0, 0.05) is 22.6 Å². The lowest BCUT2D eigenvalue weighted by atomic mass is 10.2. The lowest BCUT2D eigenvalue weighted by Gasteiger charge is -2.05. The molecular formula is C18H17BrClNO2. The summed E-state index contributed by atoms with van der Waals surface area (Å²) in [5.41, 5.74) is 2.19. The van der Waals surface area contributed by atoms with Crippen LogP contribution in [0.25, 0.3) is 11.3 Å². The molecule has 1 aromatic heterocycles. The van der Waals surface area contributed by atoms with Crippen LogP contribution in [0.2, 0.25) is 0 Å². The third-order valence-electron chi connectivity index (χ3n) is 3.34. The molecule has 0 aliphatic rings. The molecule has 0 unspecified atom stereocenters. The van der Waals surface area contributed by atoms with Gasteiger partial charge in [-0.15, -0.1) is 12.4 Å². The third-order valence-corrected chi connectivity index (χ3v) is 3.87. The van der Waals surface area contributed by atoms with Gasteiger partial charge < -0.3 is 14.5 Å². The van der Waals surface area contributed by atoms with E-state index in [1.807, 2.05) is 48.5 Å². The maximum absolute atomic E-state index is 5.90. The molecule has 0 spiro atoms. The second-order valence-electron chi connectivity index (χ2n) is 4.85. The van der Waals surface area contributed by atoms with Crippen molar-refractivity contribution in [3.05, 3.63) is 70.7 Å². The van der Waals surface area contributed by atoms with E-state index in [2.05, 4.69) is 33.4 Å². The van der Waals surface area contributed by atoms with Crippen LogP contribution in [0, 0.1) is 0 Å². The minimum absolute atomic E-state index is 0. The van der Waals surface area contributed by atoms with Gasteiger partial charge in [0.2, 0.25) is 5.88 Å². The molecule has 0 saturated heterocycles. The number of ether oxygens (including phenoxy) is 1. The van der Waals surface area contributed by atoms with Crippen LogP contribution < -0.4 is 10.1 Å². The first-order valence-corrected chi connectivity index (χ1v) is 7.77. The highest BCUT2D eigenvalue weighted by Gasteiger charge is 2.13. The molecule has 0 bridgehead atoms. The van der Waals surface area contributed by atoms with E-state index in [0.29, 0.717) is 18.2 Å². The Morgan fingerprint density at radius 3 is 2.39 bits per heavy atom. The van der Waals surface area contributed by atoms with Gasteiger partial charge in [0.05, 0.1) is 7.11 Å². The van der Waals surface area contributed by atoms with E-state index in [1.165, 1.54) is 5.56 Å². The molecule has 0 saturated carbocycles. The Labute approximate surface area is 150 Å². The van der Waals surface area contributed by atoms with Crippen molar-refractivity contribution in [2.45, 2.75) is 6.54 Å². The van der Waals surface area contributed by atoms with Gasteiger partial charge in [0.25, 0.3) is 0 Å². The highest BCUT2D eigenvalue weighted by molar-refractivity contribution is 9.10. The fourth-order valence-corrected chi connectivity index (χ4v) is 2.45. The fraction of sp³-hybridized carbons (Fsp3) is 0.111. The molecule has 3 rings (SSSR count). The Bertz CT molecular complexity index is 741. The van der Waals surface area contributed by atoms with E-state index < -0.39 is 0 Å². The summed E-state index contributed by atoms with van der Waals surface area (Å²) in [6, 6.07) is 20.1. The molecule has 23 heavy (non-hydrogen) atoms. The van der Waals surface area contributed by atoms with Gasteiger partial charge in [-0.2, -0.15) is 0 Å². The van der Waals surface area contributed by atoms with E-state index in [9.17, 15) is 0 Å². The van der Waals surface area contributed by atoms with Crippen LogP contribution in [-0.4, -0.2) is 7.11 Å². The predicted molar refractivity (Wildman–Crippen MR) is 99.4 cm³/mol. The standard InChI is InChI=1S/C18H16BrNO2.ClH/c1-21-17-11-16(14-7-9-15(19)10-8-14)22-18(17)20-12-13-5-3-2-4-6-13;/h2-11,20H,12H2,1H3;1H. The first kappa shape index (κ1) is 17.4. The Morgan fingerprint density at radius 1 is 1.04 bits per heavy atom. The quantitative estimate of drug-likeness (QED) is 0.598. The summed E-state index contributed by atoms with van der Waals surface area (Å²) >= 11 is 3.43. The summed E-state index contributed by atoms with van der Waals surface area (Å²) in [5, 5.41) is 3.28. The molecule has 1 N–H and O–H groups in total. The molecule has 3 nitrogen and oxygen atoms in total. The van der Waals surface area contributed by atoms with Crippen molar-refractivity contribution in [2.24, 2.45) is 0 Å². The number of hydrogen-bond donors (Lipinski definition) is 1. The minimum Gasteiger partial charge on any atom is -0.491 e. The van der Waals surface area contributed by atoms with Crippen molar-refractivity contribution >= 4 is 34.2 Å². The van der Waals surface area contributed by atoms with Gasteiger partial charge in [-0.3, -0.25) is 0 Å². The minimum atomic E-state index is 0. The lowest BCUT2D eigenvalue weighted by molar-refractivity contribution is 0.410. The molecule has 0 aliphatic carbocycles. The van der Waals surface area contributed by atoms with Gasteiger partial charge in [0.15, 0.2) is 5.75 Å². The first-order chi connectivity index (χ1) is 10.8. The zero-order valence-corrected chi connectivity index (χ0v) is 15.0. The predicted octanol–water partition coefficient (Wildman–Crippen LogP) is 5.75. The molecule has 2 aromatic carbocycles. The second kappa shape index (κ2) is 8.09. The summed E-state index contributed by atoms with van der Waals surface area (Å²) in [7, 11) is 1.64. The van der Waals surface area contributed by atoms with Crippen molar-refractivity contribution in [3.63, 3.8) is 0 Å². The molecule has 0 atom stereocenters. The Hall–Kier alpha value is -1.91. The highest BCUT2D eigenvalue weighted by Crippen LogP contribution is 2.35. The first-order valence-electron chi connectivity index (χ1n) is 6.98. The van der Waals surface area contributed by atoms with E-state index in [0.717, 1.165) is 15.8 Å². The average molecular weight is 395 g/mol. The fourth-order valence-electron chi connectivity index (χ4n) is 2.18. The summed E-state index contributed by atoms with van der Waals surface area (Å²) in [4.78, 5) is 0. The van der Waals surface area contributed by atoms with Crippen LogP contribution in [0.5, 0.6) is 5.75 Å². The number of anilines is 1. The third kappa shape index (κ3) is 4.30. The summed E-state index contributed by atoms with van der Waals surface area (Å²) in [5.74, 6) is 2.12. The maximum Gasteiger partial charge on any atom is 0.236 e. The van der Waals surface area contributed by atoms with Crippen molar-refractivity contribution < 1.29 is 9.15 Å². The van der Waals surface area contributed by atoms with Crippen LogP contribution in [-0.2, 0) is 6.54 Å². The topological polar surface area (TPSA) is 34.4 Å². The monoisotopic (exact) mass is 393 g/mol. The summed E-state index contributed by atoms with van der Waals surface area (Å²) in [6.07, 6.45) is 0. The molecule has 1 heterocycles. The highest BCUT2D eigenvalue weighted by atomic mass is 79.9. The molecule has 3 aromatic rings. The van der Waals surface area contributed by atoms with E-state index in [4.69, 9.17) is 9.15 Å². The number of furan rings is 1. The Balaban J connectivity index is 0.00000192. The van der Waals surface area contributed by atoms with E-state index in [1.54, 1.807) is 7.11 Å². The van der Waals surface area contributed by atoms with Gasteiger partial charge >= 0.3 is 0 Å². The number of methoxy groups -OCH3 is 1. The maximum atomic E-state index is 5.90. The molecule has 0 radical (unpaired) electrons. The number of rotatable bonds is 5. The molecular weight excluding hydrogens is 378 g/mol. The molecule has 0 amide bonds. The summed E-state index contributed by atoms with van der Waals surface area (Å²) < 4.78 is 12.3. The largest absolute Gasteiger partial charge is 0.491 e. The van der Waals surface area contributed by atoms with E-state index >= 15 is 0 Å². The Morgan fingerprint density at radius 2 is 1.74 bits per heavy atom. The lowest BCUT2D eigenvalue weighted by Crippen LogP contribution is -1.99. The summed E-state index contributed by atoms with van der Waals surface area (Å²) in [6.45, 7) is 0.685. The van der Waals surface area contributed by atoms with E-state index in [-0.39, 0.29) is 12.4 Å². The van der Waals surface area contributed by atoms with Crippen LogP contribution in [0.15, 0.2) is 69.6 Å². The number of nitrogens with one attached hydrogen (secondary N) is 1. The number of hydrogen-bond acceptors (Lipinski definition) is 3. The Kier molecular flexibility index (Phi) is 6.13. The smallest absolute Gasteiger partial charge is 0.236 e. The van der Waals surface area contributed by atoms with Crippen molar-refractivity contribution in [1.82, 2.24) is 0 Å². The van der Waals surface area contributed by atoms with Crippen LogP contribution in [0.4, 0.5) is 5.88 Å². The molecule has 0 fully saturated rings. The van der Waals surface area contributed by atoms with Gasteiger partial charge in [0.1, 0.15) is 5.76 Å². The van der Waals surface area contributed by atoms with Crippen LogP contribution in [0.1, 0.15) is 5.56 Å². The van der Waals surface area contributed by atoms with Crippen molar-refractivity contribution in [1.29, 1.82) is 0 Å². The average Bonchev–Trinajstić information content (AvgIpc) is 2.98. The number of halogens is 2. The SMILES string of the molecule is COc1cc(-c2ccc(Br)cc2)oc1NCc1ccccc1.Cl. The van der Waals surface area contributed by atoms with Crippen molar-refractivity contribution in [3.8, 4) is 17.1 Å². The zero-order valence-electron chi connectivity index (χ0n) is 12.6. The van der Waals surface area contributed by atoms with Gasteiger partial charge in [-0.05, 0) is 17.7 Å². The molecule has 0 aliphatic heterocycles. The second-order valence-corrected chi connectivity index (χ2v) is 5.77. The normalized spacial score (nSPS) is 10.0. The molecule has 120 valence electrons.